The Hall–Kier alpha value is -3.16. The number of aliphatic hydroxyl groups excluding tert-OH is 1. The van der Waals surface area contributed by atoms with Crippen LogP contribution in [0.5, 0.6) is 0 Å². The number of carbonyl (C=O) groups is 1. The lowest BCUT2D eigenvalue weighted by Gasteiger charge is -2.16. The molecule has 0 saturated carbocycles. The topological polar surface area (TPSA) is 82.8 Å². The van der Waals surface area contributed by atoms with Crippen molar-refractivity contribution in [1.82, 2.24) is 9.78 Å². The Labute approximate surface area is 173 Å². The highest BCUT2D eigenvalue weighted by Crippen LogP contribution is 2.38. The van der Waals surface area contributed by atoms with Crippen LogP contribution in [0.2, 0.25) is 5.02 Å². The van der Waals surface area contributed by atoms with Crippen molar-refractivity contribution in [2.75, 3.05) is 24.3 Å². The van der Waals surface area contributed by atoms with E-state index in [4.69, 9.17) is 16.6 Å². The summed E-state index contributed by atoms with van der Waals surface area (Å²) in [4.78, 5) is 19.1. The fourth-order valence-electron chi connectivity index (χ4n) is 3.20. The molecule has 2 heterocycles. The number of halogens is 1. The van der Waals surface area contributed by atoms with Crippen LogP contribution in [0.3, 0.4) is 0 Å². The fourth-order valence-corrected chi connectivity index (χ4v) is 3.53. The zero-order valence-electron chi connectivity index (χ0n) is 16.1. The van der Waals surface area contributed by atoms with Gasteiger partial charge in [0.25, 0.3) is 0 Å². The minimum Gasteiger partial charge on any atom is -0.392 e. The lowest BCUT2D eigenvalue weighted by Crippen LogP contribution is -2.15. The summed E-state index contributed by atoms with van der Waals surface area (Å²) < 4.78 is 1.68. The molecule has 1 amide bonds. The molecular weight excluding hydrogens is 390 g/mol. The van der Waals surface area contributed by atoms with E-state index in [9.17, 15) is 9.90 Å². The number of amides is 1. The van der Waals surface area contributed by atoms with Gasteiger partial charge in [-0.15, -0.1) is 0 Å². The van der Waals surface area contributed by atoms with Gasteiger partial charge < -0.3 is 15.3 Å². The predicted octanol–water partition coefficient (Wildman–Crippen LogP) is 3.55. The third-order valence-corrected chi connectivity index (χ3v) is 4.97. The van der Waals surface area contributed by atoms with Gasteiger partial charge in [-0.2, -0.15) is 5.10 Å². The smallest absolute Gasteiger partial charge is 0.230 e. The number of aromatic nitrogens is 2. The first-order valence-electron chi connectivity index (χ1n) is 9.08. The van der Waals surface area contributed by atoms with E-state index in [0.717, 1.165) is 22.5 Å². The minimum absolute atomic E-state index is 0.0693. The zero-order valence-corrected chi connectivity index (χ0v) is 16.8. The zero-order chi connectivity index (χ0) is 20.5. The summed E-state index contributed by atoms with van der Waals surface area (Å²) in [6.07, 6.45) is 3.53. The van der Waals surface area contributed by atoms with Gasteiger partial charge in [-0.1, -0.05) is 23.7 Å². The van der Waals surface area contributed by atoms with Crippen molar-refractivity contribution < 1.29 is 9.90 Å². The molecule has 8 heteroatoms. The van der Waals surface area contributed by atoms with E-state index in [1.807, 2.05) is 49.3 Å². The van der Waals surface area contributed by atoms with Crippen LogP contribution in [0.1, 0.15) is 17.5 Å². The number of nitrogens with one attached hydrogen (secondary N) is 1. The molecule has 0 unspecified atom stereocenters. The van der Waals surface area contributed by atoms with Crippen LogP contribution in [0, 0.1) is 0 Å². The number of aliphatic hydroxyl groups is 1. The Morgan fingerprint density at radius 1 is 1.28 bits per heavy atom. The van der Waals surface area contributed by atoms with Gasteiger partial charge in [-0.3, -0.25) is 9.79 Å². The predicted molar refractivity (Wildman–Crippen MR) is 115 cm³/mol. The number of carbonyl (C=O) groups excluding carboxylic acids is 1. The second-order valence-corrected chi connectivity index (χ2v) is 7.41. The lowest BCUT2D eigenvalue weighted by atomic mass is 10.1. The van der Waals surface area contributed by atoms with Crippen molar-refractivity contribution >= 4 is 40.3 Å². The Bertz CT molecular complexity index is 1120. The highest BCUT2D eigenvalue weighted by Gasteiger charge is 2.20. The number of aliphatic imine (C=N–C) groups is 1. The van der Waals surface area contributed by atoms with Crippen LogP contribution >= 0.6 is 11.6 Å². The van der Waals surface area contributed by atoms with Crippen molar-refractivity contribution in [3.8, 4) is 5.69 Å². The standard InChI is InChI=1S/C21H20ClN5O2/c1-26(2)20-8-19-18(7-16(20)22)25-21(29)9-17(24-19)14-4-3-5-15(6-14)27-11-13(12-28)10-23-27/h3-8,10-11,28H,9,12H2,1-2H3,(H,25,29). The Morgan fingerprint density at radius 2 is 2.10 bits per heavy atom. The average Bonchev–Trinajstić information content (AvgIpc) is 3.12. The summed E-state index contributed by atoms with van der Waals surface area (Å²) in [5.74, 6) is -0.150. The van der Waals surface area contributed by atoms with Crippen LogP contribution in [0.25, 0.3) is 5.69 Å². The van der Waals surface area contributed by atoms with Crippen molar-refractivity contribution in [2.24, 2.45) is 4.99 Å². The molecule has 0 atom stereocenters. The van der Waals surface area contributed by atoms with E-state index in [0.29, 0.717) is 22.1 Å². The summed E-state index contributed by atoms with van der Waals surface area (Å²) in [7, 11) is 3.81. The van der Waals surface area contributed by atoms with E-state index in [-0.39, 0.29) is 18.9 Å². The molecule has 0 spiro atoms. The summed E-state index contributed by atoms with van der Waals surface area (Å²) in [5, 5.41) is 17.0. The molecule has 2 aromatic carbocycles. The number of rotatable bonds is 4. The van der Waals surface area contributed by atoms with Crippen LogP contribution in [-0.2, 0) is 11.4 Å². The van der Waals surface area contributed by atoms with Crippen molar-refractivity contribution in [2.45, 2.75) is 13.0 Å². The molecule has 0 bridgehead atoms. The van der Waals surface area contributed by atoms with E-state index < -0.39 is 0 Å². The van der Waals surface area contributed by atoms with Gasteiger partial charge in [0, 0.05) is 25.9 Å². The van der Waals surface area contributed by atoms with Gasteiger partial charge in [-0.25, -0.2) is 4.68 Å². The molecule has 2 N–H and O–H groups in total. The minimum atomic E-state index is -0.150. The molecule has 0 fully saturated rings. The van der Waals surface area contributed by atoms with Gasteiger partial charge in [0.1, 0.15) is 0 Å². The van der Waals surface area contributed by atoms with E-state index in [1.54, 1.807) is 23.1 Å². The monoisotopic (exact) mass is 409 g/mol. The van der Waals surface area contributed by atoms with Crippen molar-refractivity contribution in [3.05, 3.63) is 64.9 Å². The lowest BCUT2D eigenvalue weighted by molar-refractivity contribution is -0.115. The highest BCUT2D eigenvalue weighted by molar-refractivity contribution is 6.34. The molecule has 29 heavy (non-hydrogen) atoms. The maximum absolute atomic E-state index is 12.5. The maximum Gasteiger partial charge on any atom is 0.230 e. The third kappa shape index (κ3) is 3.87. The second-order valence-electron chi connectivity index (χ2n) is 7.00. The molecule has 7 nitrogen and oxygen atoms in total. The Kier molecular flexibility index (Phi) is 5.08. The van der Waals surface area contributed by atoms with Crippen LogP contribution in [0.15, 0.2) is 53.8 Å². The Balaban J connectivity index is 1.78. The van der Waals surface area contributed by atoms with E-state index in [1.165, 1.54) is 0 Å². The first-order valence-corrected chi connectivity index (χ1v) is 9.46. The van der Waals surface area contributed by atoms with Crippen LogP contribution < -0.4 is 10.2 Å². The van der Waals surface area contributed by atoms with Crippen molar-refractivity contribution in [3.63, 3.8) is 0 Å². The van der Waals surface area contributed by atoms with E-state index >= 15 is 0 Å². The molecular formula is C21H20ClN5O2. The van der Waals surface area contributed by atoms with Gasteiger partial charge in [0.05, 0.1) is 52.7 Å². The van der Waals surface area contributed by atoms with Crippen LogP contribution in [-0.4, -0.2) is 40.6 Å². The van der Waals surface area contributed by atoms with E-state index in [2.05, 4.69) is 10.4 Å². The van der Waals surface area contributed by atoms with Gasteiger partial charge >= 0.3 is 0 Å². The highest BCUT2D eigenvalue weighted by atomic mass is 35.5. The molecule has 0 aliphatic carbocycles. The Morgan fingerprint density at radius 3 is 2.83 bits per heavy atom. The molecule has 1 aromatic heterocycles. The maximum atomic E-state index is 12.5. The third-order valence-electron chi connectivity index (χ3n) is 4.67. The summed E-state index contributed by atoms with van der Waals surface area (Å²) in [6, 6.07) is 11.2. The molecule has 4 rings (SSSR count). The molecule has 1 aliphatic heterocycles. The number of anilines is 2. The molecule has 148 valence electrons. The SMILES string of the molecule is CN(C)c1cc2c(cc1Cl)NC(=O)CC(c1cccc(-n3cc(CO)cn3)c1)=N2. The number of benzene rings is 2. The average molecular weight is 410 g/mol. The quantitative estimate of drug-likeness (QED) is 0.690. The fraction of sp³-hybridized carbons (Fsp3) is 0.190. The summed E-state index contributed by atoms with van der Waals surface area (Å²) >= 11 is 6.34. The van der Waals surface area contributed by atoms with Crippen molar-refractivity contribution in [1.29, 1.82) is 0 Å². The molecule has 0 radical (unpaired) electrons. The summed E-state index contributed by atoms with van der Waals surface area (Å²) in [6.45, 7) is -0.0693. The van der Waals surface area contributed by atoms with Crippen LogP contribution in [0.4, 0.5) is 17.1 Å². The summed E-state index contributed by atoms with van der Waals surface area (Å²) in [5.41, 5.74) is 5.11. The number of fused-ring (bicyclic) bond motifs is 1. The second kappa shape index (κ2) is 7.69. The molecule has 0 saturated heterocycles. The molecule has 3 aromatic rings. The first kappa shape index (κ1) is 19.2. The number of hydrogen-bond donors (Lipinski definition) is 2. The van der Waals surface area contributed by atoms with Gasteiger partial charge in [0.15, 0.2) is 0 Å². The normalized spacial score (nSPS) is 13.4. The first-order chi connectivity index (χ1) is 13.9. The molecule has 1 aliphatic rings. The van der Waals surface area contributed by atoms with Gasteiger partial charge in [-0.05, 0) is 29.8 Å². The largest absolute Gasteiger partial charge is 0.392 e. The number of nitrogens with zero attached hydrogens (tertiary/aromatic N) is 4. The van der Waals surface area contributed by atoms with Gasteiger partial charge in [0.2, 0.25) is 5.91 Å². The number of hydrogen-bond acceptors (Lipinski definition) is 5.